The fourth-order valence-corrected chi connectivity index (χ4v) is 4.45. The number of aliphatic hydroxyl groups is 1. The Morgan fingerprint density at radius 1 is 1.26 bits per heavy atom. The number of carbonyl (C=O) groups is 1. The minimum Gasteiger partial charge on any atom is -0.506 e. The van der Waals surface area contributed by atoms with Crippen molar-refractivity contribution in [1.82, 2.24) is 20.2 Å². The number of benzene rings is 2. The molecule has 3 aromatic rings. The second-order valence-corrected chi connectivity index (χ2v) is 9.97. The van der Waals surface area contributed by atoms with Crippen molar-refractivity contribution in [3.8, 4) is 23.3 Å². The van der Waals surface area contributed by atoms with Crippen LogP contribution >= 0.6 is 23.4 Å². The van der Waals surface area contributed by atoms with Crippen LogP contribution in [0.1, 0.15) is 42.7 Å². The Morgan fingerprint density at radius 2 is 2.09 bits per heavy atom. The monoisotopic (exact) mass is 495 g/mol. The van der Waals surface area contributed by atoms with Crippen LogP contribution in [0.25, 0.3) is 5.69 Å². The molecule has 3 N–H and O–H groups in total. The minimum absolute atomic E-state index is 0.0398. The number of phenols is 1. The molecule has 0 saturated heterocycles. The first-order valence-corrected chi connectivity index (χ1v) is 12.3. The summed E-state index contributed by atoms with van der Waals surface area (Å²) in [5.41, 5.74) is 2.49. The molecule has 0 unspecified atom stereocenters. The lowest BCUT2D eigenvalue weighted by atomic mass is 10.1. The maximum absolute atomic E-state index is 12.5. The van der Waals surface area contributed by atoms with Crippen molar-refractivity contribution in [2.75, 3.05) is 17.7 Å². The number of halogens is 1. The van der Waals surface area contributed by atoms with Crippen molar-refractivity contribution in [3.63, 3.8) is 0 Å². The van der Waals surface area contributed by atoms with Crippen LogP contribution in [0.4, 0.5) is 5.69 Å². The highest BCUT2D eigenvalue weighted by Gasteiger charge is 2.40. The van der Waals surface area contributed by atoms with E-state index >= 15 is 0 Å². The molecular weight excluding hydrogens is 474 g/mol. The Balaban J connectivity index is 1.21. The van der Waals surface area contributed by atoms with E-state index in [1.54, 1.807) is 12.1 Å². The van der Waals surface area contributed by atoms with Crippen molar-refractivity contribution in [2.24, 2.45) is 5.41 Å². The number of nitrogens with one attached hydrogen (secondary N) is 1. The lowest BCUT2D eigenvalue weighted by Crippen LogP contribution is -2.14. The first-order valence-electron chi connectivity index (χ1n) is 10.9. The molecule has 10 heteroatoms. The summed E-state index contributed by atoms with van der Waals surface area (Å²) in [7, 11) is 0. The predicted octanol–water partition coefficient (Wildman–Crippen LogP) is 3.75. The first kappa shape index (κ1) is 22.7. The maximum atomic E-state index is 12.5. The van der Waals surface area contributed by atoms with Gasteiger partial charge in [0.1, 0.15) is 5.75 Å². The van der Waals surface area contributed by atoms with Crippen LogP contribution in [0.2, 0.25) is 5.02 Å². The summed E-state index contributed by atoms with van der Waals surface area (Å²) in [5.74, 6) is 6.27. The molecule has 2 aliphatic rings. The predicted molar refractivity (Wildman–Crippen MR) is 129 cm³/mol. The summed E-state index contributed by atoms with van der Waals surface area (Å²) in [6.45, 7) is 0.0407. The van der Waals surface area contributed by atoms with Crippen molar-refractivity contribution in [3.05, 3.63) is 52.5 Å². The Kier molecular flexibility index (Phi) is 6.21. The number of aliphatic hydroxyl groups excluding tert-OH is 1. The highest BCUT2D eigenvalue weighted by Crippen LogP contribution is 2.44. The lowest BCUT2D eigenvalue weighted by molar-refractivity contribution is -0.113. The molecule has 2 fully saturated rings. The van der Waals surface area contributed by atoms with Crippen LogP contribution in [0.5, 0.6) is 5.75 Å². The molecule has 0 atom stereocenters. The van der Waals surface area contributed by atoms with E-state index in [9.17, 15) is 15.0 Å². The standard InChI is InChI=1S/C24H22ClN5O3S/c25-18-12-17(16-2-3-16)4-6-20(18)30-23(27-28-29-30)34-13-22(33)26-19-5-1-15(11-21(19)32)7-8-24(14-31)9-10-24/h1,4-6,11-12,16,31-32H,2-3,9-10,13-14H2,(H,26,33). The zero-order valence-electron chi connectivity index (χ0n) is 18.2. The lowest BCUT2D eigenvalue weighted by Gasteiger charge is -2.09. The van der Waals surface area contributed by atoms with Gasteiger partial charge in [0.05, 0.1) is 34.2 Å². The van der Waals surface area contributed by atoms with Gasteiger partial charge in [-0.3, -0.25) is 4.79 Å². The van der Waals surface area contributed by atoms with Crippen LogP contribution in [0.15, 0.2) is 41.6 Å². The molecular formula is C24H22ClN5O3S. The van der Waals surface area contributed by atoms with Gasteiger partial charge in [0.25, 0.3) is 0 Å². The molecule has 34 heavy (non-hydrogen) atoms. The molecule has 174 valence electrons. The van der Waals surface area contributed by atoms with E-state index in [1.807, 2.05) is 18.2 Å². The molecule has 0 spiro atoms. The number of phenolic OH excluding ortho intramolecular Hbond substituents is 1. The molecule has 2 aliphatic carbocycles. The highest BCUT2D eigenvalue weighted by atomic mass is 35.5. The summed E-state index contributed by atoms with van der Waals surface area (Å²) in [5, 5.41) is 35.1. The van der Waals surface area contributed by atoms with Crippen molar-refractivity contribution >= 4 is 35.0 Å². The third-order valence-electron chi connectivity index (χ3n) is 5.92. The largest absolute Gasteiger partial charge is 0.506 e. The van der Waals surface area contributed by atoms with E-state index in [0.29, 0.717) is 27.3 Å². The quantitative estimate of drug-likeness (QED) is 0.260. The molecule has 2 aromatic carbocycles. The number of aromatic nitrogens is 4. The van der Waals surface area contributed by atoms with Gasteiger partial charge in [-0.1, -0.05) is 41.3 Å². The first-order chi connectivity index (χ1) is 16.5. The van der Waals surface area contributed by atoms with Gasteiger partial charge in [0.15, 0.2) is 0 Å². The molecule has 5 rings (SSSR count). The van der Waals surface area contributed by atoms with Crippen LogP contribution in [0.3, 0.4) is 0 Å². The van der Waals surface area contributed by atoms with Gasteiger partial charge in [-0.2, -0.15) is 4.68 Å². The topological polar surface area (TPSA) is 113 Å². The summed E-state index contributed by atoms with van der Waals surface area (Å²) < 4.78 is 1.51. The number of amides is 1. The van der Waals surface area contributed by atoms with Crippen LogP contribution in [-0.4, -0.2) is 48.7 Å². The molecule has 0 bridgehead atoms. The second-order valence-electron chi connectivity index (χ2n) is 8.62. The van der Waals surface area contributed by atoms with Crippen molar-refractivity contribution in [1.29, 1.82) is 0 Å². The smallest absolute Gasteiger partial charge is 0.234 e. The fourth-order valence-electron chi connectivity index (χ4n) is 3.50. The van der Waals surface area contributed by atoms with Gasteiger partial charge in [0, 0.05) is 5.56 Å². The molecule has 0 radical (unpaired) electrons. The molecule has 8 nitrogen and oxygen atoms in total. The van der Waals surface area contributed by atoms with Crippen molar-refractivity contribution < 1.29 is 15.0 Å². The Morgan fingerprint density at radius 3 is 2.76 bits per heavy atom. The number of anilines is 1. The van der Waals surface area contributed by atoms with E-state index in [4.69, 9.17) is 11.6 Å². The average Bonchev–Trinajstić information content (AvgIpc) is 3.76. The maximum Gasteiger partial charge on any atom is 0.234 e. The minimum atomic E-state index is -0.318. The average molecular weight is 496 g/mol. The number of rotatable bonds is 7. The number of hydrogen-bond acceptors (Lipinski definition) is 7. The van der Waals surface area contributed by atoms with Gasteiger partial charge in [-0.25, -0.2) is 0 Å². The normalized spacial score (nSPS) is 15.9. The van der Waals surface area contributed by atoms with Crippen LogP contribution < -0.4 is 5.32 Å². The Bertz CT molecular complexity index is 1310. The third kappa shape index (κ3) is 5.04. The van der Waals surface area contributed by atoms with Crippen molar-refractivity contribution in [2.45, 2.75) is 36.8 Å². The summed E-state index contributed by atoms with van der Waals surface area (Å²) in [6, 6.07) is 10.7. The third-order valence-corrected chi connectivity index (χ3v) is 7.14. The summed E-state index contributed by atoms with van der Waals surface area (Å²) >= 11 is 7.63. The number of hydrogen-bond donors (Lipinski definition) is 3. The molecule has 1 aromatic heterocycles. The molecule has 0 aliphatic heterocycles. The zero-order valence-corrected chi connectivity index (χ0v) is 19.7. The van der Waals surface area contributed by atoms with Gasteiger partial charge in [0.2, 0.25) is 11.1 Å². The second kappa shape index (κ2) is 9.29. The number of tetrazole rings is 1. The number of carbonyl (C=O) groups excluding carboxylic acids is 1. The summed E-state index contributed by atoms with van der Waals surface area (Å²) in [6.07, 6.45) is 4.14. The number of thioether (sulfide) groups is 1. The Hall–Kier alpha value is -3.06. The summed E-state index contributed by atoms with van der Waals surface area (Å²) in [4.78, 5) is 12.5. The Labute approximate surface area is 205 Å². The van der Waals surface area contributed by atoms with Gasteiger partial charge in [-0.15, -0.1) is 5.10 Å². The highest BCUT2D eigenvalue weighted by molar-refractivity contribution is 7.99. The van der Waals surface area contributed by atoms with Gasteiger partial charge in [-0.05, 0) is 77.9 Å². The van der Waals surface area contributed by atoms with Gasteiger partial charge < -0.3 is 15.5 Å². The number of aromatic hydroxyl groups is 1. The SMILES string of the molecule is O=C(CSc1nnnn1-c1ccc(C2CC2)cc1Cl)Nc1ccc(C#CC2(CO)CC2)cc1O. The molecule has 1 heterocycles. The van der Waals surface area contributed by atoms with Crippen LogP contribution in [0, 0.1) is 17.3 Å². The van der Waals surface area contributed by atoms with E-state index in [-0.39, 0.29) is 35.1 Å². The number of nitrogens with zero attached hydrogens (tertiary/aromatic N) is 4. The van der Waals surface area contributed by atoms with Gasteiger partial charge >= 0.3 is 0 Å². The molecule has 2 saturated carbocycles. The van der Waals surface area contributed by atoms with E-state index in [1.165, 1.54) is 40.9 Å². The van der Waals surface area contributed by atoms with Crippen LogP contribution in [-0.2, 0) is 4.79 Å². The fraction of sp³-hybridized carbons (Fsp3) is 0.333. The van der Waals surface area contributed by atoms with E-state index < -0.39 is 0 Å². The zero-order chi connectivity index (χ0) is 23.7. The van der Waals surface area contributed by atoms with E-state index in [0.717, 1.165) is 12.8 Å². The van der Waals surface area contributed by atoms with E-state index in [2.05, 4.69) is 32.7 Å². The molecule has 1 amide bonds.